The van der Waals surface area contributed by atoms with Gasteiger partial charge in [-0.3, -0.25) is 4.79 Å². The summed E-state index contributed by atoms with van der Waals surface area (Å²) in [5.74, 6) is 0.198. The average molecular weight is 571 g/mol. The summed E-state index contributed by atoms with van der Waals surface area (Å²) in [6.45, 7) is -0.166. The van der Waals surface area contributed by atoms with Crippen molar-refractivity contribution in [3.8, 4) is 28.1 Å². The van der Waals surface area contributed by atoms with Gasteiger partial charge in [-0.1, -0.05) is 76.1 Å². The summed E-state index contributed by atoms with van der Waals surface area (Å²) < 4.78 is 6.63. The number of aromatic nitrogens is 1. The zero-order valence-corrected chi connectivity index (χ0v) is 21.9. The lowest BCUT2D eigenvalue weighted by atomic mass is 9.98. The van der Waals surface area contributed by atoms with Crippen LogP contribution in [0.4, 0.5) is 0 Å². The quantitative estimate of drug-likeness (QED) is 0.163. The molecule has 5 rings (SSSR count). The van der Waals surface area contributed by atoms with E-state index in [1.807, 2.05) is 72.8 Å². The number of fused-ring (bicyclic) bond motifs is 1. The fourth-order valence-corrected chi connectivity index (χ4v) is 4.40. The minimum atomic E-state index is -0.373. The largest absolute Gasteiger partial charge is 0.484 e. The molecule has 182 valence electrons. The van der Waals surface area contributed by atoms with Crippen LogP contribution in [-0.2, 0) is 4.79 Å². The van der Waals surface area contributed by atoms with Crippen molar-refractivity contribution < 1.29 is 9.53 Å². The first kappa shape index (κ1) is 24.7. The second-order valence-electron chi connectivity index (χ2n) is 8.21. The van der Waals surface area contributed by atoms with Crippen molar-refractivity contribution in [3.63, 3.8) is 0 Å². The van der Waals surface area contributed by atoms with Gasteiger partial charge in [0, 0.05) is 26.0 Å². The molecule has 0 aliphatic carbocycles. The minimum Gasteiger partial charge on any atom is -0.484 e. The SMILES string of the molecule is O=C(COc1ccc(-c2cc(-c3ccccc3)c3cc(Br)ccc3n2)cc1)N/N=C\c1ccccc1Cl. The van der Waals surface area contributed by atoms with Crippen molar-refractivity contribution >= 4 is 50.6 Å². The van der Waals surface area contributed by atoms with Crippen molar-refractivity contribution in [1.82, 2.24) is 10.4 Å². The summed E-state index contributed by atoms with van der Waals surface area (Å²) in [5.41, 5.74) is 8.10. The number of nitrogens with one attached hydrogen (secondary N) is 1. The van der Waals surface area contributed by atoms with Crippen molar-refractivity contribution in [2.75, 3.05) is 6.61 Å². The highest BCUT2D eigenvalue weighted by molar-refractivity contribution is 9.10. The molecular formula is C30H21BrClN3O2. The van der Waals surface area contributed by atoms with Crippen LogP contribution in [0.25, 0.3) is 33.3 Å². The van der Waals surface area contributed by atoms with Gasteiger partial charge in [0.25, 0.3) is 5.91 Å². The van der Waals surface area contributed by atoms with Gasteiger partial charge in [0.1, 0.15) is 5.75 Å². The first-order valence-corrected chi connectivity index (χ1v) is 12.7. The molecule has 5 nitrogen and oxygen atoms in total. The molecule has 0 atom stereocenters. The Morgan fingerprint density at radius 1 is 0.919 bits per heavy atom. The molecule has 0 spiro atoms. The second-order valence-corrected chi connectivity index (χ2v) is 9.53. The maximum absolute atomic E-state index is 12.1. The van der Waals surface area contributed by atoms with Crippen LogP contribution in [0, 0.1) is 0 Å². The van der Waals surface area contributed by atoms with Crippen LogP contribution >= 0.6 is 27.5 Å². The molecule has 1 N–H and O–H groups in total. The molecule has 0 bridgehead atoms. The van der Waals surface area contributed by atoms with E-state index in [1.54, 1.807) is 6.07 Å². The third-order valence-corrected chi connectivity index (χ3v) is 6.51. The number of hydrogen-bond acceptors (Lipinski definition) is 4. The molecule has 1 heterocycles. The van der Waals surface area contributed by atoms with Gasteiger partial charge < -0.3 is 4.74 Å². The van der Waals surface area contributed by atoms with Gasteiger partial charge in [0.2, 0.25) is 0 Å². The van der Waals surface area contributed by atoms with E-state index < -0.39 is 0 Å². The van der Waals surface area contributed by atoms with Crippen molar-refractivity contribution in [1.29, 1.82) is 0 Å². The highest BCUT2D eigenvalue weighted by Crippen LogP contribution is 2.34. The van der Waals surface area contributed by atoms with Crippen LogP contribution in [0.2, 0.25) is 5.02 Å². The number of rotatable bonds is 7. The van der Waals surface area contributed by atoms with Gasteiger partial charge in [-0.2, -0.15) is 5.10 Å². The predicted molar refractivity (Wildman–Crippen MR) is 153 cm³/mol. The number of hydrogen-bond donors (Lipinski definition) is 1. The summed E-state index contributed by atoms with van der Waals surface area (Å²) in [5, 5.41) is 5.57. The third kappa shape index (κ3) is 6.05. The predicted octanol–water partition coefficient (Wildman–Crippen LogP) is 7.51. The second kappa shape index (κ2) is 11.4. The Labute approximate surface area is 227 Å². The molecule has 0 unspecified atom stereocenters. The number of carbonyl (C=O) groups excluding carboxylic acids is 1. The molecule has 4 aromatic carbocycles. The number of pyridine rings is 1. The lowest BCUT2D eigenvalue weighted by Crippen LogP contribution is -2.24. The summed E-state index contributed by atoms with van der Waals surface area (Å²) in [6, 6.07) is 33.2. The first-order valence-electron chi connectivity index (χ1n) is 11.5. The normalized spacial score (nSPS) is 11.1. The van der Waals surface area contributed by atoms with Gasteiger partial charge in [-0.25, -0.2) is 10.4 Å². The lowest BCUT2D eigenvalue weighted by Gasteiger charge is -2.11. The molecule has 7 heteroatoms. The zero-order valence-electron chi connectivity index (χ0n) is 19.6. The molecule has 1 amide bonds. The lowest BCUT2D eigenvalue weighted by molar-refractivity contribution is -0.123. The van der Waals surface area contributed by atoms with Crippen LogP contribution in [0.5, 0.6) is 5.75 Å². The topological polar surface area (TPSA) is 63.6 Å². The average Bonchev–Trinajstić information content (AvgIpc) is 2.93. The number of halogens is 2. The Hall–Kier alpha value is -4.00. The molecule has 0 aliphatic heterocycles. The van der Waals surface area contributed by atoms with E-state index in [-0.39, 0.29) is 12.5 Å². The molecule has 0 saturated carbocycles. The van der Waals surface area contributed by atoms with E-state index in [4.69, 9.17) is 21.3 Å². The van der Waals surface area contributed by atoms with E-state index in [0.717, 1.165) is 37.8 Å². The first-order chi connectivity index (χ1) is 18.1. The number of carbonyl (C=O) groups is 1. The molecular weight excluding hydrogens is 550 g/mol. The standard InChI is InChI=1S/C30H21BrClN3O2/c31-23-12-15-28-26(16-23)25(20-6-2-1-3-7-20)17-29(34-28)21-10-13-24(14-11-21)37-19-30(36)35-33-18-22-8-4-5-9-27(22)32/h1-18H,19H2,(H,35,36)/b33-18-. The molecule has 0 radical (unpaired) electrons. The molecule has 1 aromatic heterocycles. The molecule has 0 aliphatic rings. The summed E-state index contributed by atoms with van der Waals surface area (Å²) in [6.07, 6.45) is 1.49. The van der Waals surface area contributed by atoms with Crippen LogP contribution in [-0.4, -0.2) is 23.7 Å². The van der Waals surface area contributed by atoms with Gasteiger partial charge >= 0.3 is 0 Å². The number of amides is 1. The summed E-state index contributed by atoms with van der Waals surface area (Å²) >= 11 is 9.66. The number of nitrogens with zero attached hydrogens (tertiary/aromatic N) is 2. The van der Waals surface area contributed by atoms with Gasteiger partial charge in [-0.15, -0.1) is 0 Å². The van der Waals surface area contributed by atoms with Gasteiger partial charge in [0.05, 0.1) is 17.4 Å². The van der Waals surface area contributed by atoms with Crippen LogP contribution in [0.3, 0.4) is 0 Å². The minimum absolute atomic E-state index is 0.166. The zero-order chi connectivity index (χ0) is 25.6. The fourth-order valence-electron chi connectivity index (χ4n) is 3.86. The number of benzene rings is 4. The molecule has 5 aromatic rings. The van der Waals surface area contributed by atoms with Gasteiger partial charge in [-0.05, 0) is 65.7 Å². The number of ether oxygens (including phenoxy) is 1. The number of hydrazone groups is 1. The Bertz CT molecular complexity index is 1590. The van der Waals surface area contributed by atoms with E-state index in [0.29, 0.717) is 16.3 Å². The van der Waals surface area contributed by atoms with Crippen molar-refractivity contribution in [2.24, 2.45) is 5.10 Å². The van der Waals surface area contributed by atoms with E-state index in [1.165, 1.54) is 6.21 Å². The Balaban J connectivity index is 1.29. The van der Waals surface area contributed by atoms with E-state index >= 15 is 0 Å². The molecule has 37 heavy (non-hydrogen) atoms. The summed E-state index contributed by atoms with van der Waals surface area (Å²) in [4.78, 5) is 17.0. The van der Waals surface area contributed by atoms with Crippen LogP contribution in [0.1, 0.15) is 5.56 Å². The monoisotopic (exact) mass is 569 g/mol. The third-order valence-electron chi connectivity index (χ3n) is 5.67. The van der Waals surface area contributed by atoms with Crippen molar-refractivity contribution in [2.45, 2.75) is 0 Å². The van der Waals surface area contributed by atoms with Crippen LogP contribution in [0.15, 0.2) is 113 Å². The Morgan fingerprint density at radius 3 is 2.46 bits per heavy atom. The Morgan fingerprint density at radius 2 is 1.68 bits per heavy atom. The maximum atomic E-state index is 12.1. The maximum Gasteiger partial charge on any atom is 0.277 e. The molecule has 0 fully saturated rings. The highest BCUT2D eigenvalue weighted by Gasteiger charge is 2.11. The van der Waals surface area contributed by atoms with E-state index in [2.05, 4.69) is 50.7 Å². The van der Waals surface area contributed by atoms with Gasteiger partial charge in [0.15, 0.2) is 6.61 Å². The highest BCUT2D eigenvalue weighted by atomic mass is 79.9. The van der Waals surface area contributed by atoms with E-state index in [9.17, 15) is 4.79 Å². The molecule has 0 saturated heterocycles. The van der Waals surface area contributed by atoms with Crippen LogP contribution < -0.4 is 10.2 Å². The van der Waals surface area contributed by atoms with Crippen molar-refractivity contribution in [3.05, 3.63) is 118 Å². The Kier molecular flexibility index (Phi) is 7.59. The summed E-state index contributed by atoms with van der Waals surface area (Å²) in [7, 11) is 0. The fraction of sp³-hybridized carbons (Fsp3) is 0.0333. The smallest absolute Gasteiger partial charge is 0.277 e.